The molecule has 8 heteroatoms. The van der Waals surface area contributed by atoms with Crippen LogP contribution in [0.3, 0.4) is 0 Å². The van der Waals surface area contributed by atoms with Crippen molar-refractivity contribution in [1.29, 1.82) is 0 Å². The lowest BCUT2D eigenvalue weighted by molar-refractivity contribution is -0.150. The monoisotopic (exact) mass is 612 g/mol. The number of hydrogen-bond acceptors (Lipinski definition) is 6. The fraction of sp³-hybridized carbons (Fsp3) is 0.324. The second kappa shape index (κ2) is 19.6. The highest BCUT2D eigenvalue weighted by Gasteiger charge is 2.24. The van der Waals surface area contributed by atoms with Crippen LogP contribution in [0.5, 0.6) is 5.75 Å². The van der Waals surface area contributed by atoms with Gasteiger partial charge in [0.1, 0.15) is 18.5 Å². The zero-order valence-electron chi connectivity index (χ0n) is 25.7. The van der Waals surface area contributed by atoms with Gasteiger partial charge in [0.15, 0.2) is 0 Å². The van der Waals surface area contributed by atoms with Crippen molar-refractivity contribution >= 4 is 17.8 Å². The summed E-state index contributed by atoms with van der Waals surface area (Å²) >= 11 is 0. The summed E-state index contributed by atoms with van der Waals surface area (Å²) in [6.45, 7) is 7.68. The molecule has 0 saturated heterocycles. The van der Waals surface area contributed by atoms with Crippen molar-refractivity contribution in [3.63, 3.8) is 0 Å². The molecule has 0 saturated carbocycles. The van der Waals surface area contributed by atoms with Gasteiger partial charge in [-0.3, -0.25) is 14.4 Å². The third-order valence-electron chi connectivity index (χ3n) is 7.19. The van der Waals surface area contributed by atoms with Gasteiger partial charge in [-0.2, -0.15) is 0 Å². The number of nitrogens with one attached hydrogen (secondary N) is 2. The van der Waals surface area contributed by atoms with E-state index in [1.54, 1.807) is 12.2 Å². The molecule has 0 aliphatic rings. The Hall–Kier alpha value is -4.69. The molecule has 3 N–H and O–H groups in total. The number of carbonyl (C=O) groups is 3. The van der Waals surface area contributed by atoms with Crippen molar-refractivity contribution in [3.8, 4) is 5.75 Å². The van der Waals surface area contributed by atoms with Crippen LogP contribution in [0.4, 0.5) is 0 Å². The van der Waals surface area contributed by atoms with Crippen LogP contribution in [0.25, 0.3) is 0 Å². The number of aliphatic hydroxyl groups is 1. The van der Waals surface area contributed by atoms with Crippen molar-refractivity contribution in [2.24, 2.45) is 5.92 Å². The predicted octanol–water partition coefficient (Wildman–Crippen LogP) is 5.62. The summed E-state index contributed by atoms with van der Waals surface area (Å²) in [4.78, 5) is 38.6. The molecule has 0 spiro atoms. The van der Waals surface area contributed by atoms with Crippen LogP contribution in [0.1, 0.15) is 54.9 Å². The van der Waals surface area contributed by atoms with Crippen molar-refractivity contribution in [1.82, 2.24) is 10.6 Å². The molecule has 238 valence electrons. The van der Waals surface area contributed by atoms with E-state index in [1.165, 1.54) is 0 Å². The Morgan fingerprint density at radius 2 is 1.56 bits per heavy atom. The third-order valence-corrected chi connectivity index (χ3v) is 7.19. The average Bonchev–Trinajstić information content (AvgIpc) is 3.06. The molecule has 3 aromatic carbocycles. The van der Waals surface area contributed by atoms with Gasteiger partial charge in [-0.1, -0.05) is 84.9 Å². The summed E-state index contributed by atoms with van der Waals surface area (Å²) in [5.41, 5.74) is 2.75. The molecule has 0 aromatic heterocycles. The van der Waals surface area contributed by atoms with Crippen LogP contribution in [-0.2, 0) is 32.1 Å². The van der Waals surface area contributed by atoms with Gasteiger partial charge in [0.25, 0.3) is 0 Å². The molecule has 0 heterocycles. The van der Waals surface area contributed by atoms with Gasteiger partial charge in [-0.25, -0.2) is 0 Å². The van der Waals surface area contributed by atoms with E-state index in [9.17, 15) is 19.5 Å². The Balaban J connectivity index is 1.52. The maximum Gasteiger partial charge on any atom is 0.306 e. The standard InChI is InChI=1S/C37H44N2O6/c1-3-5-8-18-36(42)45-34(30-16-11-7-12-17-30)25-38-37(43)31(13-4-2)24-35(41)39-32(26-40)23-28-19-21-33(22-20-28)44-27-29-14-9-6-10-15-29/h3-4,6-7,9-12,14-17,19-22,31-32,34,40H,1-2,5,8,13,18,23-27H2,(H,38,43)(H,39,41)/t31-,32+,34+/m1/s1. The molecule has 0 unspecified atom stereocenters. The summed E-state index contributed by atoms with van der Waals surface area (Å²) in [6, 6.07) is 26.1. The fourth-order valence-electron chi connectivity index (χ4n) is 4.74. The number of esters is 1. The molecule has 2 amide bonds. The Morgan fingerprint density at radius 1 is 0.867 bits per heavy atom. The number of benzene rings is 3. The van der Waals surface area contributed by atoms with Crippen LogP contribution in [-0.4, -0.2) is 42.1 Å². The first-order chi connectivity index (χ1) is 21.9. The number of hydrogen-bond donors (Lipinski definition) is 3. The number of unbranched alkanes of at least 4 members (excludes halogenated alkanes) is 1. The van der Waals surface area contributed by atoms with Gasteiger partial charge < -0.3 is 25.2 Å². The number of allylic oxidation sites excluding steroid dienone is 2. The lowest BCUT2D eigenvalue weighted by Gasteiger charge is -2.22. The number of amides is 2. The van der Waals surface area contributed by atoms with Gasteiger partial charge >= 0.3 is 5.97 Å². The Labute approximate surface area is 266 Å². The van der Waals surface area contributed by atoms with Crippen LogP contribution in [0.15, 0.2) is 110 Å². The normalized spacial score (nSPS) is 12.6. The smallest absolute Gasteiger partial charge is 0.306 e. The van der Waals surface area contributed by atoms with Gasteiger partial charge in [0, 0.05) is 12.8 Å². The maximum absolute atomic E-state index is 13.2. The molecular formula is C37H44N2O6. The van der Waals surface area contributed by atoms with Crippen LogP contribution in [0, 0.1) is 5.92 Å². The van der Waals surface area contributed by atoms with E-state index < -0.39 is 18.1 Å². The number of rotatable bonds is 20. The first kappa shape index (κ1) is 34.8. The highest BCUT2D eigenvalue weighted by Crippen LogP contribution is 2.19. The molecule has 45 heavy (non-hydrogen) atoms. The van der Waals surface area contributed by atoms with Gasteiger partial charge in [-0.05, 0) is 54.5 Å². The van der Waals surface area contributed by atoms with Crippen molar-refractivity contribution < 1.29 is 29.0 Å². The molecule has 0 radical (unpaired) electrons. The molecule has 0 aliphatic carbocycles. The number of carbonyl (C=O) groups excluding carboxylic acids is 3. The molecule has 0 bridgehead atoms. The van der Waals surface area contributed by atoms with Crippen LogP contribution < -0.4 is 15.4 Å². The van der Waals surface area contributed by atoms with E-state index in [0.717, 1.165) is 22.4 Å². The Bertz CT molecular complexity index is 1340. The Kier molecular flexibility index (Phi) is 15.1. The first-order valence-corrected chi connectivity index (χ1v) is 15.3. The van der Waals surface area contributed by atoms with E-state index >= 15 is 0 Å². The van der Waals surface area contributed by atoms with E-state index in [4.69, 9.17) is 9.47 Å². The average molecular weight is 613 g/mol. The topological polar surface area (TPSA) is 114 Å². The highest BCUT2D eigenvalue weighted by atomic mass is 16.5. The van der Waals surface area contributed by atoms with E-state index in [0.29, 0.717) is 25.9 Å². The number of ether oxygens (including phenoxy) is 2. The quantitative estimate of drug-likeness (QED) is 0.0867. The van der Waals surface area contributed by atoms with Crippen molar-refractivity contribution in [2.45, 2.75) is 57.3 Å². The second-order valence-corrected chi connectivity index (χ2v) is 10.8. The third kappa shape index (κ3) is 12.8. The molecular weight excluding hydrogens is 568 g/mol. The maximum atomic E-state index is 13.2. The van der Waals surface area contributed by atoms with E-state index in [2.05, 4.69) is 23.8 Å². The van der Waals surface area contributed by atoms with Crippen LogP contribution >= 0.6 is 0 Å². The largest absolute Gasteiger partial charge is 0.489 e. The lowest BCUT2D eigenvalue weighted by atomic mass is 9.98. The summed E-state index contributed by atoms with van der Waals surface area (Å²) in [5.74, 6) is -1.01. The van der Waals surface area contributed by atoms with Gasteiger partial charge in [0.2, 0.25) is 11.8 Å². The molecule has 0 fully saturated rings. The minimum atomic E-state index is -0.678. The molecule has 8 nitrogen and oxygen atoms in total. The SMILES string of the molecule is C=CCCCC(=O)O[C@@H](CNC(=O)[C@H](CC=C)CC(=O)N[C@H](CO)Cc1ccc(OCc2ccccc2)cc1)c1ccccc1. The van der Waals surface area contributed by atoms with Crippen molar-refractivity contribution in [2.75, 3.05) is 13.2 Å². The van der Waals surface area contributed by atoms with Gasteiger partial charge in [0.05, 0.1) is 25.1 Å². The fourth-order valence-corrected chi connectivity index (χ4v) is 4.74. The highest BCUT2D eigenvalue weighted by molar-refractivity contribution is 5.86. The Morgan fingerprint density at radius 3 is 2.20 bits per heavy atom. The molecule has 3 atom stereocenters. The minimum Gasteiger partial charge on any atom is -0.489 e. The minimum absolute atomic E-state index is 0.0651. The lowest BCUT2D eigenvalue weighted by Crippen LogP contribution is -2.42. The van der Waals surface area contributed by atoms with E-state index in [-0.39, 0.29) is 50.2 Å². The molecule has 0 aliphatic heterocycles. The zero-order chi connectivity index (χ0) is 32.3. The summed E-state index contributed by atoms with van der Waals surface area (Å²) in [6.07, 6.45) is 4.88. The first-order valence-electron chi connectivity index (χ1n) is 15.3. The van der Waals surface area contributed by atoms with Gasteiger partial charge in [-0.15, -0.1) is 13.2 Å². The zero-order valence-corrected chi connectivity index (χ0v) is 25.7. The number of aliphatic hydroxyl groups excluding tert-OH is 1. The predicted molar refractivity (Wildman–Crippen MR) is 175 cm³/mol. The molecule has 3 rings (SSSR count). The molecule has 3 aromatic rings. The van der Waals surface area contributed by atoms with Crippen LogP contribution in [0.2, 0.25) is 0 Å². The van der Waals surface area contributed by atoms with Crippen molar-refractivity contribution in [3.05, 3.63) is 127 Å². The second-order valence-electron chi connectivity index (χ2n) is 10.8. The summed E-state index contributed by atoms with van der Waals surface area (Å²) < 4.78 is 11.5. The summed E-state index contributed by atoms with van der Waals surface area (Å²) in [7, 11) is 0. The van der Waals surface area contributed by atoms with E-state index in [1.807, 2.05) is 84.9 Å². The summed E-state index contributed by atoms with van der Waals surface area (Å²) in [5, 5.41) is 15.7.